The van der Waals surface area contributed by atoms with Gasteiger partial charge in [-0.2, -0.15) is 0 Å². The van der Waals surface area contributed by atoms with Crippen molar-refractivity contribution in [3.63, 3.8) is 0 Å². The van der Waals surface area contributed by atoms with E-state index in [1.54, 1.807) is 12.1 Å². The van der Waals surface area contributed by atoms with Gasteiger partial charge in [0.1, 0.15) is 12.4 Å². The van der Waals surface area contributed by atoms with E-state index in [9.17, 15) is 9.50 Å². The van der Waals surface area contributed by atoms with E-state index in [2.05, 4.69) is 4.90 Å². The van der Waals surface area contributed by atoms with Gasteiger partial charge in [-0.15, -0.1) is 12.4 Å². The fourth-order valence-electron chi connectivity index (χ4n) is 3.16. The smallest absolute Gasteiger partial charge is 0.115 e. The van der Waals surface area contributed by atoms with Gasteiger partial charge in [-0.25, -0.2) is 4.39 Å². The van der Waals surface area contributed by atoms with Crippen LogP contribution in [0.15, 0.2) is 18.2 Å². The first-order valence-corrected chi connectivity index (χ1v) is 6.53. The Morgan fingerprint density at radius 1 is 1.42 bits per heavy atom. The average Bonchev–Trinajstić information content (AvgIpc) is 2.39. The zero-order valence-electron chi connectivity index (χ0n) is 10.7. The van der Waals surface area contributed by atoms with Gasteiger partial charge in [0.05, 0.1) is 12.7 Å². The van der Waals surface area contributed by atoms with Crippen LogP contribution in [0.2, 0.25) is 0 Å². The third kappa shape index (κ3) is 2.71. The molecule has 1 heterocycles. The van der Waals surface area contributed by atoms with E-state index in [1.807, 2.05) is 6.07 Å². The van der Waals surface area contributed by atoms with E-state index < -0.39 is 0 Å². The predicted molar refractivity (Wildman–Crippen MR) is 73.7 cm³/mol. The van der Waals surface area contributed by atoms with Crippen LogP contribution in [0.5, 0.6) is 5.75 Å². The van der Waals surface area contributed by atoms with E-state index >= 15 is 0 Å². The van der Waals surface area contributed by atoms with E-state index in [0.29, 0.717) is 13.2 Å². The number of phenols is 1. The Morgan fingerprint density at radius 3 is 3.05 bits per heavy atom. The first kappa shape index (κ1) is 14.6. The lowest BCUT2D eigenvalue weighted by molar-refractivity contribution is -0.0814. The molecule has 3 nitrogen and oxygen atoms in total. The molecular formula is C14H19ClFNO2. The van der Waals surface area contributed by atoms with E-state index in [4.69, 9.17) is 4.74 Å². The molecule has 3 rings (SSSR count). The normalized spacial score (nSPS) is 26.2. The van der Waals surface area contributed by atoms with Crippen LogP contribution < -0.4 is 0 Å². The molecule has 1 fully saturated rings. The van der Waals surface area contributed by atoms with Gasteiger partial charge in [-0.05, 0) is 36.1 Å². The maximum Gasteiger partial charge on any atom is 0.115 e. The number of phenolic OH excluding ortho intramolecular Hbond substituents is 1. The molecule has 1 aromatic carbocycles. The fourth-order valence-corrected chi connectivity index (χ4v) is 3.16. The number of ether oxygens (including phenoxy) is 1. The topological polar surface area (TPSA) is 32.7 Å². The highest BCUT2D eigenvalue weighted by atomic mass is 35.5. The first-order chi connectivity index (χ1) is 8.79. The number of hydrogen-bond acceptors (Lipinski definition) is 3. The number of hydrogen-bond donors (Lipinski definition) is 1. The average molecular weight is 288 g/mol. The molecule has 106 valence electrons. The monoisotopic (exact) mass is 287 g/mol. The van der Waals surface area contributed by atoms with Crippen LogP contribution in [0.25, 0.3) is 0 Å². The molecule has 2 aliphatic rings. The van der Waals surface area contributed by atoms with Gasteiger partial charge in [0.15, 0.2) is 0 Å². The Bertz CT molecular complexity index is 441. The summed E-state index contributed by atoms with van der Waals surface area (Å²) in [6, 6.07) is 5.74. The summed E-state index contributed by atoms with van der Waals surface area (Å²) in [5.41, 5.74) is 2.32. The number of fused-ring (bicyclic) bond motifs is 3. The van der Waals surface area contributed by atoms with Crippen molar-refractivity contribution in [2.75, 3.05) is 26.4 Å². The number of aromatic hydroxyl groups is 1. The summed E-state index contributed by atoms with van der Waals surface area (Å²) in [6.45, 7) is 1.62. The van der Waals surface area contributed by atoms with Gasteiger partial charge in [-0.3, -0.25) is 4.90 Å². The second-order valence-corrected chi connectivity index (χ2v) is 5.01. The maximum absolute atomic E-state index is 12.6. The highest BCUT2D eigenvalue weighted by molar-refractivity contribution is 5.85. The number of aryl methyl sites for hydroxylation is 1. The van der Waals surface area contributed by atoms with Gasteiger partial charge in [0.25, 0.3) is 0 Å². The highest BCUT2D eigenvalue weighted by Crippen LogP contribution is 2.39. The lowest BCUT2D eigenvalue weighted by Gasteiger charge is -2.44. The Hall–Kier alpha value is -0.840. The SMILES string of the molecule is Cl.Oc1ccc2c(c1)[C@H]1OCCN(CCF)[C@@H]1CC2. The van der Waals surface area contributed by atoms with Gasteiger partial charge < -0.3 is 9.84 Å². The van der Waals surface area contributed by atoms with Crippen LogP contribution >= 0.6 is 12.4 Å². The van der Waals surface area contributed by atoms with Crippen molar-refractivity contribution >= 4 is 12.4 Å². The van der Waals surface area contributed by atoms with Crippen LogP contribution in [0, 0.1) is 0 Å². The summed E-state index contributed by atoms with van der Waals surface area (Å²) >= 11 is 0. The molecule has 0 saturated carbocycles. The highest BCUT2D eigenvalue weighted by Gasteiger charge is 2.37. The molecule has 1 saturated heterocycles. The summed E-state index contributed by atoms with van der Waals surface area (Å²) in [4.78, 5) is 2.18. The second-order valence-electron chi connectivity index (χ2n) is 5.01. The van der Waals surface area contributed by atoms with E-state index in [-0.39, 0.29) is 37.0 Å². The minimum Gasteiger partial charge on any atom is -0.508 e. The molecule has 0 unspecified atom stereocenters. The van der Waals surface area contributed by atoms with Crippen LogP contribution in [0.4, 0.5) is 4.39 Å². The minimum atomic E-state index is -0.309. The second kappa shape index (κ2) is 6.07. The number of halogens is 2. The van der Waals surface area contributed by atoms with Crippen molar-refractivity contribution in [2.45, 2.75) is 25.0 Å². The standard InChI is InChI=1S/C14H18FNO2.ClH/c15-5-6-16-7-8-18-14-12-9-11(17)3-1-10(12)2-4-13(14)16;/h1,3,9,13-14,17H,2,4-8H2;1H/t13-,14-;/m1./s1. The molecule has 0 spiro atoms. The van der Waals surface area contributed by atoms with Crippen molar-refractivity contribution in [3.05, 3.63) is 29.3 Å². The van der Waals surface area contributed by atoms with Gasteiger partial charge >= 0.3 is 0 Å². The molecule has 5 heteroatoms. The summed E-state index contributed by atoms with van der Waals surface area (Å²) < 4.78 is 18.4. The fraction of sp³-hybridized carbons (Fsp3) is 0.571. The number of morpholine rings is 1. The number of alkyl halides is 1. The molecule has 0 radical (unpaired) electrons. The van der Waals surface area contributed by atoms with Gasteiger partial charge in [-0.1, -0.05) is 6.07 Å². The molecule has 2 atom stereocenters. The lowest BCUT2D eigenvalue weighted by atomic mass is 9.84. The number of rotatable bonds is 2. The van der Waals surface area contributed by atoms with Crippen molar-refractivity contribution in [1.82, 2.24) is 4.90 Å². The van der Waals surface area contributed by atoms with E-state index in [1.165, 1.54) is 5.56 Å². The summed E-state index contributed by atoms with van der Waals surface area (Å²) in [6.07, 6.45) is 1.96. The zero-order chi connectivity index (χ0) is 12.5. The molecule has 1 aromatic rings. The largest absolute Gasteiger partial charge is 0.508 e. The molecular weight excluding hydrogens is 269 g/mol. The summed E-state index contributed by atoms with van der Waals surface area (Å²) in [5, 5.41) is 9.62. The predicted octanol–water partition coefficient (Wildman–Crippen LogP) is 2.47. The molecule has 0 bridgehead atoms. The van der Waals surface area contributed by atoms with E-state index in [0.717, 1.165) is 24.9 Å². The summed E-state index contributed by atoms with van der Waals surface area (Å²) in [5.74, 6) is 0.278. The molecule has 0 aromatic heterocycles. The van der Waals surface area contributed by atoms with Crippen molar-refractivity contribution < 1.29 is 14.2 Å². The van der Waals surface area contributed by atoms with Gasteiger partial charge in [0, 0.05) is 19.1 Å². The zero-order valence-corrected chi connectivity index (χ0v) is 11.5. The number of benzene rings is 1. The van der Waals surface area contributed by atoms with Gasteiger partial charge in [0.2, 0.25) is 0 Å². The third-order valence-electron chi connectivity index (χ3n) is 4.01. The molecule has 1 aliphatic heterocycles. The van der Waals surface area contributed by atoms with Crippen LogP contribution in [0.3, 0.4) is 0 Å². The molecule has 19 heavy (non-hydrogen) atoms. The first-order valence-electron chi connectivity index (χ1n) is 6.53. The van der Waals surface area contributed by atoms with Crippen molar-refractivity contribution in [1.29, 1.82) is 0 Å². The van der Waals surface area contributed by atoms with Crippen LogP contribution in [0.1, 0.15) is 23.7 Å². The van der Waals surface area contributed by atoms with Crippen molar-refractivity contribution in [3.8, 4) is 5.75 Å². The third-order valence-corrected chi connectivity index (χ3v) is 4.01. The Kier molecular flexibility index (Phi) is 4.66. The Balaban J connectivity index is 0.00000133. The maximum atomic E-state index is 12.6. The molecule has 1 N–H and O–H groups in total. The van der Waals surface area contributed by atoms with Crippen LogP contribution in [-0.2, 0) is 11.2 Å². The molecule has 1 aliphatic carbocycles. The lowest BCUT2D eigenvalue weighted by Crippen LogP contribution is -2.49. The van der Waals surface area contributed by atoms with Crippen LogP contribution in [-0.4, -0.2) is 42.4 Å². The Labute approximate surface area is 118 Å². The summed E-state index contributed by atoms with van der Waals surface area (Å²) in [7, 11) is 0. The molecule has 0 amide bonds. The Morgan fingerprint density at radius 2 is 2.26 bits per heavy atom. The van der Waals surface area contributed by atoms with Crippen molar-refractivity contribution in [2.24, 2.45) is 0 Å². The number of nitrogens with zero attached hydrogens (tertiary/aromatic N) is 1. The quantitative estimate of drug-likeness (QED) is 0.907. The minimum absolute atomic E-state index is 0.